The first kappa shape index (κ1) is 17.8. The van der Waals surface area contributed by atoms with Gasteiger partial charge in [-0.05, 0) is 30.3 Å². The average Bonchev–Trinajstić information content (AvgIpc) is 2.61. The molecule has 0 heterocycles. The van der Waals surface area contributed by atoms with Crippen LogP contribution in [0.25, 0.3) is 0 Å². The minimum Gasteiger partial charge on any atom is -0.496 e. The van der Waals surface area contributed by atoms with E-state index in [1.54, 1.807) is 25.3 Å². The van der Waals surface area contributed by atoms with Gasteiger partial charge in [0, 0.05) is 10.0 Å². The molecule has 24 heavy (non-hydrogen) atoms. The summed E-state index contributed by atoms with van der Waals surface area (Å²) in [7, 11) is 3.11. The third-order valence-corrected chi connectivity index (χ3v) is 3.51. The van der Waals surface area contributed by atoms with E-state index in [1.807, 2.05) is 24.3 Å². The molecule has 0 unspecified atom stereocenters. The van der Waals surface area contributed by atoms with Crippen molar-refractivity contribution in [2.45, 2.75) is 0 Å². The summed E-state index contributed by atoms with van der Waals surface area (Å²) in [5.74, 6) is 1.30. The number of nitrogens with zero attached hydrogens (tertiary/aromatic N) is 1. The molecule has 0 radical (unpaired) electrons. The first-order valence-electron chi connectivity index (χ1n) is 7.05. The zero-order chi connectivity index (χ0) is 17.4. The van der Waals surface area contributed by atoms with Crippen LogP contribution in [0.1, 0.15) is 5.56 Å². The Balaban J connectivity index is 1.89. The summed E-state index contributed by atoms with van der Waals surface area (Å²) in [6.07, 6.45) is 1.51. The van der Waals surface area contributed by atoms with Gasteiger partial charge in [-0.25, -0.2) is 5.43 Å². The number of rotatable bonds is 7. The van der Waals surface area contributed by atoms with Gasteiger partial charge in [-0.2, -0.15) is 5.10 Å². The molecule has 0 atom stereocenters. The molecule has 2 aromatic rings. The number of carbonyl (C=O) groups excluding carboxylic acids is 1. The van der Waals surface area contributed by atoms with Crippen LogP contribution >= 0.6 is 15.9 Å². The number of hydrogen-bond donors (Lipinski definition) is 1. The Morgan fingerprint density at radius 2 is 1.88 bits per heavy atom. The van der Waals surface area contributed by atoms with E-state index in [9.17, 15) is 4.79 Å². The van der Waals surface area contributed by atoms with E-state index in [0.29, 0.717) is 17.2 Å². The summed E-state index contributed by atoms with van der Waals surface area (Å²) in [6, 6.07) is 12.6. The fourth-order valence-electron chi connectivity index (χ4n) is 1.88. The summed E-state index contributed by atoms with van der Waals surface area (Å²) in [6.45, 7) is -0.179. The van der Waals surface area contributed by atoms with Gasteiger partial charge < -0.3 is 14.2 Å². The van der Waals surface area contributed by atoms with E-state index >= 15 is 0 Å². The van der Waals surface area contributed by atoms with Crippen LogP contribution in [0, 0.1) is 0 Å². The van der Waals surface area contributed by atoms with Crippen LogP contribution < -0.4 is 19.6 Å². The summed E-state index contributed by atoms with van der Waals surface area (Å²) in [4.78, 5) is 11.8. The second-order valence-electron chi connectivity index (χ2n) is 4.62. The fraction of sp³-hybridized carbons (Fsp3) is 0.176. The highest BCUT2D eigenvalue weighted by molar-refractivity contribution is 9.10. The van der Waals surface area contributed by atoms with Crippen molar-refractivity contribution in [2.75, 3.05) is 20.8 Å². The van der Waals surface area contributed by atoms with Crippen LogP contribution in [0.2, 0.25) is 0 Å². The standard InChI is InChI=1S/C17H17BrN2O4/c1-22-14-6-4-3-5-12(14)10-19-20-17(21)11-24-15-8-7-13(18)9-16(15)23-2/h3-10H,11H2,1-2H3,(H,20,21)/b19-10+. The van der Waals surface area contributed by atoms with E-state index < -0.39 is 0 Å². The maximum absolute atomic E-state index is 11.8. The highest BCUT2D eigenvalue weighted by Gasteiger charge is 2.07. The van der Waals surface area contributed by atoms with E-state index in [2.05, 4.69) is 26.5 Å². The third kappa shape index (κ3) is 4.99. The fourth-order valence-corrected chi connectivity index (χ4v) is 2.22. The molecule has 0 aliphatic heterocycles. The second kappa shape index (κ2) is 8.93. The van der Waals surface area contributed by atoms with Crippen LogP contribution in [-0.2, 0) is 4.79 Å². The Labute approximate surface area is 148 Å². The minimum absolute atomic E-state index is 0.179. The quantitative estimate of drug-likeness (QED) is 0.580. The number of para-hydroxylation sites is 1. The maximum atomic E-state index is 11.8. The zero-order valence-corrected chi connectivity index (χ0v) is 14.9. The van der Waals surface area contributed by atoms with E-state index in [4.69, 9.17) is 14.2 Å². The van der Waals surface area contributed by atoms with Gasteiger partial charge >= 0.3 is 0 Å². The lowest BCUT2D eigenvalue weighted by Gasteiger charge is -2.10. The molecule has 6 nitrogen and oxygen atoms in total. The molecule has 0 aromatic heterocycles. The molecule has 1 amide bonds. The van der Waals surface area contributed by atoms with E-state index in [-0.39, 0.29) is 12.5 Å². The molecule has 7 heteroatoms. The Kier molecular flexibility index (Phi) is 6.62. The van der Waals surface area contributed by atoms with Crippen molar-refractivity contribution < 1.29 is 19.0 Å². The molecular formula is C17H17BrN2O4. The highest BCUT2D eigenvalue weighted by atomic mass is 79.9. The number of hydrogen-bond acceptors (Lipinski definition) is 5. The molecule has 2 aromatic carbocycles. The van der Waals surface area contributed by atoms with Crippen LogP contribution in [0.4, 0.5) is 0 Å². The number of amides is 1. The van der Waals surface area contributed by atoms with Crippen molar-refractivity contribution in [1.29, 1.82) is 0 Å². The van der Waals surface area contributed by atoms with Crippen LogP contribution in [-0.4, -0.2) is 32.9 Å². The van der Waals surface area contributed by atoms with Crippen molar-refractivity contribution in [3.05, 3.63) is 52.5 Å². The lowest BCUT2D eigenvalue weighted by molar-refractivity contribution is -0.123. The maximum Gasteiger partial charge on any atom is 0.277 e. The van der Waals surface area contributed by atoms with Gasteiger partial charge in [-0.1, -0.05) is 28.1 Å². The van der Waals surface area contributed by atoms with Crippen LogP contribution in [0.3, 0.4) is 0 Å². The predicted molar refractivity (Wildman–Crippen MR) is 94.9 cm³/mol. The van der Waals surface area contributed by atoms with Crippen LogP contribution in [0.15, 0.2) is 52.0 Å². The SMILES string of the molecule is COc1ccccc1/C=N/NC(=O)COc1ccc(Br)cc1OC. The Morgan fingerprint density at radius 3 is 2.62 bits per heavy atom. The van der Waals surface area contributed by atoms with Crippen molar-refractivity contribution in [1.82, 2.24) is 5.43 Å². The summed E-state index contributed by atoms with van der Waals surface area (Å²) in [5.41, 5.74) is 3.16. The molecule has 126 valence electrons. The highest BCUT2D eigenvalue weighted by Crippen LogP contribution is 2.30. The number of ether oxygens (including phenoxy) is 3. The molecule has 0 aliphatic rings. The summed E-state index contributed by atoms with van der Waals surface area (Å²) in [5, 5.41) is 3.90. The van der Waals surface area contributed by atoms with E-state index in [1.165, 1.54) is 13.3 Å². The number of benzene rings is 2. The van der Waals surface area contributed by atoms with Crippen molar-refractivity contribution in [2.24, 2.45) is 5.10 Å². The normalized spacial score (nSPS) is 10.5. The van der Waals surface area contributed by atoms with Gasteiger partial charge in [0.2, 0.25) is 0 Å². The van der Waals surface area contributed by atoms with Crippen LogP contribution in [0.5, 0.6) is 17.2 Å². The van der Waals surface area contributed by atoms with Crippen molar-refractivity contribution in [3.8, 4) is 17.2 Å². The monoisotopic (exact) mass is 392 g/mol. The number of carbonyl (C=O) groups is 1. The van der Waals surface area contributed by atoms with Gasteiger partial charge in [0.15, 0.2) is 18.1 Å². The topological polar surface area (TPSA) is 69.2 Å². The van der Waals surface area contributed by atoms with E-state index in [0.717, 1.165) is 10.0 Å². The number of nitrogens with one attached hydrogen (secondary N) is 1. The third-order valence-electron chi connectivity index (χ3n) is 3.02. The lowest BCUT2D eigenvalue weighted by Crippen LogP contribution is -2.24. The molecule has 1 N–H and O–H groups in total. The largest absolute Gasteiger partial charge is 0.496 e. The van der Waals surface area contributed by atoms with Crippen molar-refractivity contribution >= 4 is 28.1 Å². The lowest BCUT2D eigenvalue weighted by atomic mass is 10.2. The Morgan fingerprint density at radius 1 is 1.12 bits per heavy atom. The van der Waals surface area contributed by atoms with Gasteiger partial charge in [0.25, 0.3) is 5.91 Å². The molecule has 0 aliphatic carbocycles. The average molecular weight is 393 g/mol. The first-order valence-corrected chi connectivity index (χ1v) is 7.84. The molecule has 0 saturated heterocycles. The van der Waals surface area contributed by atoms with Gasteiger partial charge in [0.1, 0.15) is 5.75 Å². The molecule has 0 saturated carbocycles. The minimum atomic E-state index is -0.383. The molecule has 0 bridgehead atoms. The zero-order valence-electron chi connectivity index (χ0n) is 13.3. The number of methoxy groups -OCH3 is 2. The summed E-state index contributed by atoms with van der Waals surface area (Å²) >= 11 is 3.34. The van der Waals surface area contributed by atoms with Gasteiger partial charge in [0.05, 0.1) is 20.4 Å². The predicted octanol–water partition coefficient (Wildman–Crippen LogP) is 3.00. The Hall–Kier alpha value is -2.54. The second-order valence-corrected chi connectivity index (χ2v) is 5.53. The smallest absolute Gasteiger partial charge is 0.277 e. The molecule has 2 rings (SSSR count). The molecular weight excluding hydrogens is 376 g/mol. The summed E-state index contributed by atoms with van der Waals surface area (Å²) < 4.78 is 16.7. The number of halogens is 1. The molecule has 0 spiro atoms. The van der Waals surface area contributed by atoms with Crippen molar-refractivity contribution in [3.63, 3.8) is 0 Å². The first-order chi connectivity index (χ1) is 11.6. The van der Waals surface area contributed by atoms with Gasteiger partial charge in [-0.15, -0.1) is 0 Å². The van der Waals surface area contributed by atoms with Gasteiger partial charge in [-0.3, -0.25) is 4.79 Å². The molecule has 0 fully saturated rings. The number of hydrazone groups is 1. The Bertz CT molecular complexity index is 734.